The number of nitrogens with zero attached hydrogens (tertiary/aromatic N) is 1. The smallest absolute Gasteiger partial charge is 0.240 e. The van der Waals surface area contributed by atoms with E-state index in [-0.39, 0.29) is 22.6 Å². The Morgan fingerprint density at radius 2 is 1.83 bits per heavy atom. The zero-order valence-electron chi connectivity index (χ0n) is 16.5. The van der Waals surface area contributed by atoms with E-state index in [0.717, 1.165) is 31.4 Å². The van der Waals surface area contributed by atoms with Crippen LogP contribution in [0.2, 0.25) is 0 Å². The molecule has 1 aliphatic carbocycles. The number of sulfonamides is 1. The van der Waals surface area contributed by atoms with Gasteiger partial charge in [0.25, 0.3) is 0 Å². The van der Waals surface area contributed by atoms with Crippen LogP contribution in [0.4, 0.5) is 0 Å². The predicted octanol–water partition coefficient (Wildman–Crippen LogP) is 2.49. The van der Waals surface area contributed by atoms with Crippen molar-refractivity contribution in [1.82, 2.24) is 15.0 Å². The number of hydrogen-bond donors (Lipinski definition) is 2. The van der Waals surface area contributed by atoms with Crippen LogP contribution in [0.5, 0.6) is 5.75 Å². The van der Waals surface area contributed by atoms with Crippen molar-refractivity contribution in [1.29, 1.82) is 0 Å². The number of rotatable bonds is 8. The Balaban J connectivity index is 1.42. The number of hydrogen-bond acceptors (Lipinski definition) is 5. The monoisotopic (exact) mass is 417 g/mol. The molecule has 3 rings (SSSR count). The number of pyridine rings is 1. The molecule has 1 aromatic carbocycles. The molecule has 1 fully saturated rings. The van der Waals surface area contributed by atoms with Gasteiger partial charge < -0.3 is 10.1 Å². The maximum absolute atomic E-state index is 12.4. The van der Waals surface area contributed by atoms with E-state index in [0.29, 0.717) is 18.8 Å². The highest BCUT2D eigenvalue weighted by molar-refractivity contribution is 7.89. The number of methoxy groups -OCH3 is 1. The summed E-state index contributed by atoms with van der Waals surface area (Å²) in [6.45, 7) is 0.817. The highest BCUT2D eigenvalue weighted by atomic mass is 32.2. The van der Waals surface area contributed by atoms with Gasteiger partial charge in [-0.15, -0.1) is 0 Å². The maximum atomic E-state index is 12.4. The molecule has 156 valence electrons. The standard InChI is InChI=1S/C21H27N3O4S/c1-28-19-9-11-20(12-10-19)29(26,27)24-14-16-5-7-17(8-6-16)21(25)23-15-18-4-2-3-13-22-18/h2-4,9-13,16-17,24H,5-8,14-15H2,1H3,(H,23,25). The lowest BCUT2D eigenvalue weighted by atomic mass is 9.81. The van der Waals surface area contributed by atoms with Crippen molar-refractivity contribution >= 4 is 15.9 Å². The van der Waals surface area contributed by atoms with Crippen LogP contribution in [0.3, 0.4) is 0 Å². The van der Waals surface area contributed by atoms with Crippen LogP contribution >= 0.6 is 0 Å². The molecule has 2 aromatic rings. The van der Waals surface area contributed by atoms with Gasteiger partial charge in [-0.25, -0.2) is 13.1 Å². The van der Waals surface area contributed by atoms with Gasteiger partial charge in [0.15, 0.2) is 0 Å². The molecule has 0 saturated heterocycles. The summed E-state index contributed by atoms with van der Waals surface area (Å²) in [5.41, 5.74) is 0.836. The van der Waals surface area contributed by atoms with E-state index in [1.807, 2.05) is 18.2 Å². The van der Waals surface area contributed by atoms with Crippen molar-refractivity contribution in [3.05, 3.63) is 54.4 Å². The third-order valence-electron chi connectivity index (χ3n) is 5.32. The number of benzene rings is 1. The first-order chi connectivity index (χ1) is 14.0. The highest BCUT2D eigenvalue weighted by Crippen LogP contribution is 2.29. The van der Waals surface area contributed by atoms with Gasteiger partial charge >= 0.3 is 0 Å². The normalized spacial score (nSPS) is 19.5. The number of ether oxygens (including phenoxy) is 1. The highest BCUT2D eigenvalue weighted by Gasteiger charge is 2.27. The summed E-state index contributed by atoms with van der Waals surface area (Å²) in [5.74, 6) is 0.882. The SMILES string of the molecule is COc1ccc(S(=O)(=O)NCC2CCC(C(=O)NCc3ccccn3)CC2)cc1. The molecule has 0 unspecified atom stereocenters. The van der Waals surface area contributed by atoms with Gasteiger partial charge in [0.2, 0.25) is 15.9 Å². The van der Waals surface area contributed by atoms with Crippen molar-refractivity contribution < 1.29 is 17.9 Å². The van der Waals surface area contributed by atoms with E-state index in [1.54, 1.807) is 18.3 Å². The molecule has 0 aliphatic heterocycles. The van der Waals surface area contributed by atoms with Crippen molar-refractivity contribution in [2.45, 2.75) is 37.1 Å². The van der Waals surface area contributed by atoms with Crippen molar-refractivity contribution in [2.75, 3.05) is 13.7 Å². The molecule has 2 N–H and O–H groups in total. The molecule has 1 saturated carbocycles. The van der Waals surface area contributed by atoms with Gasteiger partial charge in [0.05, 0.1) is 24.2 Å². The fraction of sp³-hybridized carbons (Fsp3) is 0.429. The largest absolute Gasteiger partial charge is 0.497 e. The molecular weight excluding hydrogens is 390 g/mol. The first-order valence-electron chi connectivity index (χ1n) is 9.79. The van der Waals surface area contributed by atoms with E-state index in [2.05, 4.69) is 15.0 Å². The second-order valence-corrected chi connectivity index (χ2v) is 9.05. The number of carbonyl (C=O) groups excluding carboxylic acids is 1. The van der Waals surface area contributed by atoms with Crippen LogP contribution in [-0.2, 0) is 21.4 Å². The lowest BCUT2D eigenvalue weighted by Crippen LogP contribution is -2.36. The number of amides is 1. The van der Waals surface area contributed by atoms with Gasteiger partial charge in [-0.05, 0) is 68.0 Å². The second-order valence-electron chi connectivity index (χ2n) is 7.28. The molecule has 0 bridgehead atoms. The molecule has 8 heteroatoms. The van der Waals surface area contributed by atoms with Crippen LogP contribution in [-0.4, -0.2) is 33.0 Å². The topological polar surface area (TPSA) is 97.4 Å². The molecule has 29 heavy (non-hydrogen) atoms. The van der Waals surface area contributed by atoms with E-state index >= 15 is 0 Å². The Bertz CT molecular complexity index is 893. The molecule has 1 aliphatic rings. The summed E-state index contributed by atoms with van der Waals surface area (Å²) >= 11 is 0. The minimum Gasteiger partial charge on any atom is -0.497 e. The van der Waals surface area contributed by atoms with Gasteiger partial charge in [0.1, 0.15) is 5.75 Å². The first-order valence-corrected chi connectivity index (χ1v) is 11.3. The first kappa shape index (κ1) is 21.3. The van der Waals surface area contributed by atoms with Gasteiger partial charge in [-0.1, -0.05) is 6.07 Å². The fourth-order valence-electron chi connectivity index (χ4n) is 3.52. The summed E-state index contributed by atoms with van der Waals surface area (Å²) in [5, 5.41) is 2.95. The zero-order chi connectivity index (χ0) is 20.7. The fourth-order valence-corrected chi connectivity index (χ4v) is 4.64. The average molecular weight is 418 g/mol. The van der Waals surface area contributed by atoms with Crippen molar-refractivity contribution in [3.8, 4) is 5.75 Å². The van der Waals surface area contributed by atoms with Gasteiger partial charge in [-0.2, -0.15) is 0 Å². The lowest BCUT2D eigenvalue weighted by Gasteiger charge is -2.27. The van der Waals surface area contributed by atoms with E-state index in [9.17, 15) is 13.2 Å². The van der Waals surface area contributed by atoms with E-state index in [1.165, 1.54) is 19.2 Å². The summed E-state index contributed by atoms with van der Waals surface area (Å²) in [7, 11) is -2.01. The Hall–Kier alpha value is -2.45. The van der Waals surface area contributed by atoms with Crippen LogP contribution in [0.1, 0.15) is 31.4 Å². The van der Waals surface area contributed by atoms with Gasteiger partial charge in [0, 0.05) is 18.7 Å². The predicted molar refractivity (Wildman–Crippen MR) is 110 cm³/mol. The quantitative estimate of drug-likeness (QED) is 0.688. The van der Waals surface area contributed by atoms with Gasteiger partial charge in [-0.3, -0.25) is 9.78 Å². The second kappa shape index (κ2) is 9.84. The zero-order valence-corrected chi connectivity index (χ0v) is 17.3. The average Bonchev–Trinajstić information content (AvgIpc) is 2.77. The van der Waals surface area contributed by atoms with Crippen molar-refractivity contribution in [3.63, 3.8) is 0 Å². The Morgan fingerprint density at radius 1 is 1.10 bits per heavy atom. The molecule has 0 atom stereocenters. The molecule has 7 nitrogen and oxygen atoms in total. The Labute approximate surface area is 171 Å². The molecule has 0 radical (unpaired) electrons. The molecule has 0 spiro atoms. The lowest BCUT2D eigenvalue weighted by molar-refractivity contribution is -0.126. The minimum absolute atomic E-state index is 0.0202. The van der Waals surface area contributed by atoms with Crippen LogP contribution < -0.4 is 14.8 Å². The Kier molecular flexibility index (Phi) is 7.22. The number of nitrogens with one attached hydrogen (secondary N) is 2. The summed E-state index contributed by atoms with van der Waals surface area (Å²) in [6, 6.07) is 11.9. The summed E-state index contributed by atoms with van der Waals surface area (Å²) in [6.07, 6.45) is 4.89. The Morgan fingerprint density at radius 3 is 2.45 bits per heavy atom. The third kappa shape index (κ3) is 6.01. The third-order valence-corrected chi connectivity index (χ3v) is 6.76. The van der Waals surface area contributed by atoms with Crippen LogP contribution in [0.15, 0.2) is 53.6 Å². The van der Waals surface area contributed by atoms with E-state index < -0.39 is 10.0 Å². The number of aromatic nitrogens is 1. The van der Waals surface area contributed by atoms with Crippen LogP contribution in [0, 0.1) is 11.8 Å². The minimum atomic E-state index is -3.55. The van der Waals surface area contributed by atoms with Crippen LogP contribution in [0.25, 0.3) is 0 Å². The molecule has 1 aromatic heterocycles. The molecule has 1 heterocycles. The number of carbonyl (C=O) groups is 1. The summed E-state index contributed by atoms with van der Waals surface area (Å²) < 4.78 is 32.6. The van der Waals surface area contributed by atoms with E-state index in [4.69, 9.17) is 4.74 Å². The summed E-state index contributed by atoms with van der Waals surface area (Å²) in [4.78, 5) is 16.8. The maximum Gasteiger partial charge on any atom is 0.240 e. The van der Waals surface area contributed by atoms with Crippen molar-refractivity contribution in [2.24, 2.45) is 11.8 Å². The molecular formula is C21H27N3O4S. The molecule has 1 amide bonds.